The second-order valence-corrected chi connectivity index (χ2v) is 3.04. The Kier molecular flexibility index (Phi) is 2.75. The SMILES string of the molecule is N#Cc1ccc(OC(=O)c2ccco2)[nH]c1=O. The lowest BCUT2D eigenvalue weighted by Crippen LogP contribution is -2.14. The minimum Gasteiger partial charge on any atom is -0.457 e. The van der Waals surface area contributed by atoms with E-state index in [1.165, 1.54) is 30.5 Å². The molecule has 0 bridgehead atoms. The number of furan rings is 1. The number of hydrogen-bond donors (Lipinski definition) is 1. The van der Waals surface area contributed by atoms with Crippen molar-refractivity contribution in [3.63, 3.8) is 0 Å². The summed E-state index contributed by atoms with van der Waals surface area (Å²) in [5.74, 6) is -0.749. The first kappa shape index (κ1) is 10.7. The molecule has 0 fully saturated rings. The Labute approximate surface area is 95.1 Å². The van der Waals surface area contributed by atoms with E-state index >= 15 is 0 Å². The maximum Gasteiger partial charge on any atom is 0.380 e. The van der Waals surface area contributed by atoms with Crippen molar-refractivity contribution >= 4 is 5.97 Å². The van der Waals surface area contributed by atoms with E-state index in [9.17, 15) is 9.59 Å². The molecule has 2 aromatic rings. The van der Waals surface area contributed by atoms with Gasteiger partial charge >= 0.3 is 5.97 Å². The molecular weight excluding hydrogens is 224 g/mol. The third kappa shape index (κ3) is 2.23. The number of ether oxygens (including phenoxy) is 1. The van der Waals surface area contributed by atoms with Gasteiger partial charge in [0.25, 0.3) is 5.56 Å². The molecule has 0 saturated heterocycles. The van der Waals surface area contributed by atoms with Crippen molar-refractivity contribution in [2.45, 2.75) is 0 Å². The predicted octanol–water partition coefficient (Wildman–Crippen LogP) is 1.06. The van der Waals surface area contributed by atoms with Crippen LogP contribution in [0.3, 0.4) is 0 Å². The van der Waals surface area contributed by atoms with Gasteiger partial charge in [-0.25, -0.2) is 4.79 Å². The minimum absolute atomic E-state index is 0.0233. The summed E-state index contributed by atoms with van der Waals surface area (Å²) in [5, 5.41) is 8.55. The summed E-state index contributed by atoms with van der Waals surface area (Å²) in [6.45, 7) is 0. The molecule has 0 aliphatic heterocycles. The first-order chi connectivity index (χ1) is 8.20. The Morgan fingerprint density at radius 2 is 2.24 bits per heavy atom. The van der Waals surface area contributed by atoms with Crippen molar-refractivity contribution in [2.75, 3.05) is 0 Å². The molecule has 0 aliphatic carbocycles. The first-order valence-electron chi connectivity index (χ1n) is 4.60. The summed E-state index contributed by atoms with van der Waals surface area (Å²) in [6.07, 6.45) is 1.33. The van der Waals surface area contributed by atoms with Crippen LogP contribution in [0.25, 0.3) is 0 Å². The molecule has 1 N–H and O–H groups in total. The van der Waals surface area contributed by atoms with Gasteiger partial charge < -0.3 is 9.15 Å². The number of carbonyl (C=O) groups excluding carboxylic acids is 1. The van der Waals surface area contributed by atoms with Crippen LogP contribution in [0.2, 0.25) is 0 Å². The molecular formula is C11H6N2O4. The molecule has 0 amide bonds. The fourth-order valence-electron chi connectivity index (χ4n) is 1.15. The number of esters is 1. The number of carbonyl (C=O) groups is 1. The average molecular weight is 230 g/mol. The summed E-state index contributed by atoms with van der Waals surface area (Å²) >= 11 is 0. The molecule has 6 heteroatoms. The van der Waals surface area contributed by atoms with Crippen LogP contribution in [-0.4, -0.2) is 11.0 Å². The highest BCUT2D eigenvalue weighted by Gasteiger charge is 2.12. The van der Waals surface area contributed by atoms with Crippen molar-refractivity contribution in [3.8, 4) is 11.9 Å². The average Bonchev–Trinajstić information content (AvgIpc) is 2.82. The van der Waals surface area contributed by atoms with Gasteiger partial charge in [0.05, 0.1) is 6.26 Å². The zero-order chi connectivity index (χ0) is 12.3. The van der Waals surface area contributed by atoms with Gasteiger partial charge in [-0.05, 0) is 18.2 Å². The van der Waals surface area contributed by atoms with E-state index in [4.69, 9.17) is 14.4 Å². The maximum atomic E-state index is 11.4. The quantitative estimate of drug-likeness (QED) is 0.778. The Morgan fingerprint density at radius 1 is 1.41 bits per heavy atom. The van der Waals surface area contributed by atoms with E-state index in [2.05, 4.69) is 4.98 Å². The Hall–Kier alpha value is -2.81. The Morgan fingerprint density at radius 3 is 2.82 bits per heavy atom. The van der Waals surface area contributed by atoms with Crippen molar-refractivity contribution in [3.05, 3.63) is 52.2 Å². The highest BCUT2D eigenvalue weighted by atomic mass is 16.6. The Balaban J connectivity index is 2.21. The number of aromatic amines is 1. The standard InChI is InChI=1S/C11H6N2O4/c12-6-7-3-4-9(13-10(7)14)17-11(15)8-2-1-5-16-8/h1-5H,(H,13,14). The predicted molar refractivity (Wildman–Crippen MR) is 55.4 cm³/mol. The zero-order valence-electron chi connectivity index (χ0n) is 8.47. The number of nitrogens with one attached hydrogen (secondary N) is 1. The van der Waals surface area contributed by atoms with Gasteiger partial charge in [0, 0.05) is 6.07 Å². The van der Waals surface area contributed by atoms with Crippen LogP contribution in [0.5, 0.6) is 5.88 Å². The van der Waals surface area contributed by atoms with Crippen LogP contribution < -0.4 is 10.3 Å². The lowest BCUT2D eigenvalue weighted by atomic mass is 10.3. The summed E-state index contributed by atoms with van der Waals surface area (Å²) in [4.78, 5) is 24.9. The fraction of sp³-hybridized carbons (Fsp3) is 0. The molecule has 0 aliphatic rings. The summed E-state index contributed by atoms with van der Waals surface area (Å²) in [5.41, 5.74) is -0.667. The van der Waals surface area contributed by atoms with Gasteiger partial charge in [-0.2, -0.15) is 5.26 Å². The number of rotatable bonds is 2. The molecule has 6 nitrogen and oxygen atoms in total. The lowest BCUT2D eigenvalue weighted by molar-refractivity contribution is 0.0693. The summed E-state index contributed by atoms with van der Waals surface area (Å²) < 4.78 is 9.67. The van der Waals surface area contributed by atoms with Crippen LogP contribution in [0, 0.1) is 11.3 Å². The third-order valence-corrected chi connectivity index (χ3v) is 1.93. The number of nitriles is 1. The van der Waals surface area contributed by atoms with Gasteiger partial charge in [-0.3, -0.25) is 9.78 Å². The van der Waals surface area contributed by atoms with Crippen molar-refractivity contribution in [1.82, 2.24) is 4.98 Å². The van der Waals surface area contributed by atoms with Crippen molar-refractivity contribution < 1.29 is 13.9 Å². The fourth-order valence-corrected chi connectivity index (χ4v) is 1.15. The third-order valence-electron chi connectivity index (χ3n) is 1.93. The second-order valence-electron chi connectivity index (χ2n) is 3.04. The van der Waals surface area contributed by atoms with Crippen LogP contribution in [0.15, 0.2) is 39.7 Å². The topological polar surface area (TPSA) is 96.1 Å². The highest BCUT2D eigenvalue weighted by molar-refractivity contribution is 5.87. The van der Waals surface area contributed by atoms with Crippen molar-refractivity contribution in [2.24, 2.45) is 0 Å². The van der Waals surface area contributed by atoms with Gasteiger partial charge in [0.1, 0.15) is 11.6 Å². The molecule has 84 valence electrons. The number of hydrogen-bond acceptors (Lipinski definition) is 5. The summed E-state index contributed by atoms with van der Waals surface area (Å²) in [7, 11) is 0. The van der Waals surface area contributed by atoms with E-state index in [0.29, 0.717) is 0 Å². The van der Waals surface area contributed by atoms with E-state index in [0.717, 1.165) is 0 Å². The minimum atomic E-state index is -0.727. The molecule has 0 aromatic carbocycles. The van der Waals surface area contributed by atoms with Crippen LogP contribution in [0.4, 0.5) is 0 Å². The second kappa shape index (κ2) is 4.37. The van der Waals surface area contributed by atoms with Crippen molar-refractivity contribution in [1.29, 1.82) is 5.26 Å². The normalized spacial score (nSPS) is 9.59. The molecule has 0 radical (unpaired) electrons. The smallest absolute Gasteiger partial charge is 0.380 e. The molecule has 2 aromatic heterocycles. The van der Waals surface area contributed by atoms with Gasteiger partial charge in [-0.1, -0.05) is 0 Å². The monoisotopic (exact) mass is 230 g/mol. The molecule has 2 rings (SSSR count). The van der Waals surface area contributed by atoms with Gasteiger partial charge in [-0.15, -0.1) is 0 Å². The number of H-pyrrole nitrogens is 1. The Bertz CT molecular complexity index is 634. The number of nitrogens with zero attached hydrogens (tertiary/aromatic N) is 1. The van der Waals surface area contributed by atoms with E-state index in [-0.39, 0.29) is 17.2 Å². The van der Waals surface area contributed by atoms with Crippen LogP contribution in [-0.2, 0) is 0 Å². The molecule has 17 heavy (non-hydrogen) atoms. The molecule has 0 saturated carbocycles. The number of pyridine rings is 1. The van der Waals surface area contributed by atoms with Crippen LogP contribution >= 0.6 is 0 Å². The van der Waals surface area contributed by atoms with E-state index in [1.807, 2.05) is 0 Å². The lowest BCUT2D eigenvalue weighted by Gasteiger charge is -2.01. The maximum absolute atomic E-state index is 11.4. The molecule has 0 unspecified atom stereocenters. The summed E-state index contributed by atoms with van der Waals surface area (Å²) in [6, 6.07) is 7.26. The number of aromatic nitrogens is 1. The van der Waals surface area contributed by atoms with Gasteiger partial charge in [0.2, 0.25) is 11.6 Å². The van der Waals surface area contributed by atoms with Crippen LogP contribution in [0.1, 0.15) is 16.1 Å². The molecule has 0 spiro atoms. The zero-order valence-corrected chi connectivity index (χ0v) is 8.47. The first-order valence-corrected chi connectivity index (χ1v) is 4.60. The molecule has 0 atom stereocenters. The molecule has 2 heterocycles. The van der Waals surface area contributed by atoms with E-state index < -0.39 is 11.5 Å². The largest absolute Gasteiger partial charge is 0.457 e. The van der Waals surface area contributed by atoms with Gasteiger partial charge in [0.15, 0.2) is 0 Å². The van der Waals surface area contributed by atoms with E-state index in [1.54, 1.807) is 6.07 Å². The highest BCUT2D eigenvalue weighted by Crippen LogP contribution is 2.08.